The molecule has 0 unspecified atom stereocenters. The molecule has 3 aromatic carbocycles. The average molecular weight is 521 g/mol. The number of aromatic nitrogens is 1. The van der Waals surface area contributed by atoms with E-state index in [2.05, 4.69) is 15.9 Å². The Morgan fingerprint density at radius 3 is 2.38 bits per heavy atom. The first-order valence-electron chi connectivity index (χ1n) is 9.02. The van der Waals surface area contributed by atoms with Crippen LogP contribution in [0.25, 0.3) is 10.9 Å². The fraction of sp³-hybridized carbons (Fsp3) is 0.0455. The molecule has 0 saturated carbocycles. The van der Waals surface area contributed by atoms with E-state index < -0.39 is 38.7 Å². The minimum Gasteiger partial charge on any atom is -0.453 e. The van der Waals surface area contributed by atoms with Crippen LogP contribution in [0.3, 0.4) is 0 Å². The molecular weight excluding hydrogens is 509 g/mol. The lowest BCUT2D eigenvalue weighted by Crippen LogP contribution is -2.13. The highest BCUT2D eigenvalue weighted by Crippen LogP contribution is 2.41. The van der Waals surface area contributed by atoms with Gasteiger partial charge in [0.15, 0.2) is 11.6 Å². The highest BCUT2D eigenvalue weighted by Gasteiger charge is 2.28. The molecule has 162 valence electrons. The number of hydrogen-bond donors (Lipinski definition) is 0. The van der Waals surface area contributed by atoms with Gasteiger partial charge < -0.3 is 4.74 Å². The molecule has 0 bridgehead atoms. The number of aryl methyl sites for hydroxylation is 1. The molecule has 0 aliphatic rings. The van der Waals surface area contributed by atoms with Crippen molar-refractivity contribution in [1.29, 1.82) is 5.26 Å². The second-order valence-corrected chi connectivity index (χ2v) is 9.43. The Kier molecular flexibility index (Phi) is 5.48. The fourth-order valence-electron chi connectivity index (χ4n) is 3.11. The number of nitrogens with zero attached hydrogens (tertiary/aromatic N) is 2. The van der Waals surface area contributed by atoms with Crippen molar-refractivity contribution in [1.82, 2.24) is 3.97 Å². The summed E-state index contributed by atoms with van der Waals surface area (Å²) < 4.78 is 75.6. The van der Waals surface area contributed by atoms with Crippen LogP contribution in [0, 0.1) is 35.7 Å². The predicted octanol–water partition coefficient (Wildman–Crippen LogP) is 6.03. The number of benzene rings is 3. The van der Waals surface area contributed by atoms with Gasteiger partial charge in [0.05, 0.1) is 14.9 Å². The first kappa shape index (κ1) is 21.9. The molecule has 0 radical (unpaired) electrons. The molecule has 1 heterocycles. The summed E-state index contributed by atoms with van der Waals surface area (Å²) in [4.78, 5) is -0.0906. The second-order valence-electron chi connectivity index (χ2n) is 6.82. The van der Waals surface area contributed by atoms with E-state index in [4.69, 9.17) is 10.00 Å². The zero-order chi connectivity index (χ0) is 23.2. The average Bonchev–Trinajstić information content (AvgIpc) is 3.23. The fourth-order valence-corrected chi connectivity index (χ4v) is 5.04. The Labute approximate surface area is 189 Å². The molecule has 0 saturated heterocycles. The van der Waals surface area contributed by atoms with Crippen LogP contribution in [0.4, 0.5) is 13.2 Å². The normalized spacial score (nSPS) is 11.5. The van der Waals surface area contributed by atoms with Crippen molar-refractivity contribution in [3.8, 4) is 17.6 Å². The predicted molar refractivity (Wildman–Crippen MR) is 115 cm³/mol. The maximum absolute atomic E-state index is 15.1. The molecule has 0 N–H and O–H groups in total. The largest absolute Gasteiger partial charge is 0.453 e. The maximum atomic E-state index is 15.1. The molecule has 0 fully saturated rings. The van der Waals surface area contributed by atoms with E-state index in [1.807, 2.05) is 0 Å². The highest BCUT2D eigenvalue weighted by molar-refractivity contribution is 9.10. The Bertz CT molecular complexity index is 1530. The van der Waals surface area contributed by atoms with Gasteiger partial charge in [-0.3, -0.25) is 0 Å². The van der Waals surface area contributed by atoms with Crippen LogP contribution in [-0.2, 0) is 10.0 Å². The lowest BCUT2D eigenvalue weighted by Gasteiger charge is -2.13. The molecule has 5 nitrogen and oxygen atoms in total. The third kappa shape index (κ3) is 3.53. The summed E-state index contributed by atoms with van der Waals surface area (Å²) in [5.41, 5.74) is -0.00142. The number of nitriles is 1. The van der Waals surface area contributed by atoms with Crippen LogP contribution in [0.1, 0.15) is 11.1 Å². The number of ether oxygens (including phenoxy) is 1. The number of halogens is 4. The highest BCUT2D eigenvalue weighted by atomic mass is 79.9. The summed E-state index contributed by atoms with van der Waals surface area (Å²) in [6.07, 6.45) is 1.11. The zero-order valence-electron chi connectivity index (χ0n) is 16.2. The van der Waals surface area contributed by atoms with Crippen LogP contribution < -0.4 is 4.74 Å². The third-order valence-electron chi connectivity index (χ3n) is 4.74. The van der Waals surface area contributed by atoms with Crippen molar-refractivity contribution < 1.29 is 26.3 Å². The molecule has 1 aromatic heterocycles. The van der Waals surface area contributed by atoms with Crippen LogP contribution >= 0.6 is 15.9 Å². The molecule has 0 aliphatic carbocycles. The maximum Gasteiger partial charge on any atom is 0.268 e. The van der Waals surface area contributed by atoms with Crippen molar-refractivity contribution in [2.24, 2.45) is 0 Å². The number of hydrogen-bond acceptors (Lipinski definition) is 4. The molecule has 10 heteroatoms. The topological polar surface area (TPSA) is 72.1 Å². The minimum absolute atomic E-state index is 0.0391. The summed E-state index contributed by atoms with van der Waals surface area (Å²) in [6, 6.07) is 12.0. The third-order valence-corrected chi connectivity index (χ3v) is 7.22. The standard InChI is InChI=1S/C22H12BrF3N2O3S/c1-12-2-5-15(6-3-12)32(29,30)28-9-8-16-18(23)22(20(26)19(25)21(16)28)31-14-4-7-17(24)13(10-14)11-27/h2-10H,1H3. The molecule has 4 rings (SSSR count). The molecule has 0 amide bonds. The summed E-state index contributed by atoms with van der Waals surface area (Å²) in [6.45, 7) is 1.79. The minimum atomic E-state index is -4.21. The van der Waals surface area contributed by atoms with E-state index in [9.17, 15) is 17.2 Å². The monoisotopic (exact) mass is 520 g/mol. The lowest BCUT2D eigenvalue weighted by molar-refractivity contribution is 0.416. The van der Waals surface area contributed by atoms with Gasteiger partial charge in [-0.2, -0.15) is 9.65 Å². The van der Waals surface area contributed by atoms with E-state index in [1.165, 1.54) is 18.2 Å². The van der Waals surface area contributed by atoms with E-state index in [1.54, 1.807) is 25.1 Å². The molecular formula is C22H12BrF3N2O3S. The first-order chi connectivity index (χ1) is 15.1. The second kappa shape index (κ2) is 8.00. The summed E-state index contributed by atoms with van der Waals surface area (Å²) in [5, 5.41) is 8.98. The quantitative estimate of drug-likeness (QED) is 0.308. The summed E-state index contributed by atoms with van der Waals surface area (Å²) in [7, 11) is -4.21. The molecule has 32 heavy (non-hydrogen) atoms. The van der Waals surface area contributed by atoms with E-state index in [0.717, 1.165) is 30.0 Å². The van der Waals surface area contributed by atoms with Crippen LogP contribution in [0.15, 0.2) is 64.1 Å². The van der Waals surface area contributed by atoms with Gasteiger partial charge in [-0.15, -0.1) is 0 Å². The van der Waals surface area contributed by atoms with E-state index in [0.29, 0.717) is 3.97 Å². The number of fused-ring (bicyclic) bond motifs is 1. The van der Waals surface area contributed by atoms with Gasteiger partial charge in [-0.05, 0) is 53.2 Å². The van der Waals surface area contributed by atoms with Crippen molar-refractivity contribution in [2.45, 2.75) is 11.8 Å². The zero-order valence-corrected chi connectivity index (χ0v) is 18.6. The molecule has 0 atom stereocenters. The van der Waals surface area contributed by atoms with Crippen molar-refractivity contribution in [2.75, 3.05) is 0 Å². The van der Waals surface area contributed by atoms with Crippen molar-refractivity contribution >= 4 is 36.9 Å². The van der Waals surface area contributed by atoms with Crippen molar-refractivity contribution in [3.05, 3.63) is 87.8 Å². The van der Waals surface area contributed by atoms with Gasteiger partial charge in [-0.25, -0.2) is 21.2 Å². The lowest BCUT2D eigenvalue weighted by atomic mass is 10.2. The van der Waals surface area contributed by atoms with Crippen LogP contribution in [-0.4, -0.2) is 12.4 Å². The van der Waals surface area contributed by atoms with E-state index >= 15 is 4.39 Å². The van der Waals surface area contributed by atoms with Gasteiger partial charge in [0.25, 0.3) is 10.0 Å². The Morgan fingerprint density at radius 1 is 1.03 bits per heavy atom. The van der Waals surface area contributed by atoms with Crippen LogP contribution in [0.2, 0.25) is 0 Å². The molecule has 0 aliphatic heterocycles. The summed E-state index contributed by atoms with van der Waals surface area (Å²) in [5.74, 6) is -4.36. The Hall–Kier alpha value is -3.29. The molecule has 0 spiro atoms. The Morgan fingerprint density at radius 2 is 1.72 bits per heavy atom. The van der Waals surface area contributed by atoms with E-state index in [-0.39, 0.29) is 26.1 Å². The van der Waals surface area contributed by atoms with Gasteiger partial charge in [0.1, 0.15) is 23.2 Å². The van der Waals surface area contributed by atoms with Gasteiger partial charge in [0.2, 0.25) is 5.82 Å². The SMILES string of the molecule is Cc1ccc(S(=O)(=O)n2ccc3c(Br)c(Oc4ccc(F)c(C#N)c4)c(F)c(F)c32)cc1. The van der Waals surface area contributed by atoms with Crippen molar-refractivity contribution in [3.63, 3.8) is 0 Å². The smallest absolute Gasteiger partial charge is 0.268 e. The van der Waals surface area contributed by atoms with Gasteiger partial charge >= 0.3 is 0 Å². The first-order valence-corrected chi connectivity index (χ1v) is 11.3. The Balaban J connectivity index is 1.87. The van der Waals surface area contributed by atoms with Gasteiger partial charge in [0, 0.05) is 17.6 Å². The number of rotatable bonds is 4. The van der Waals surface area contributed by atoms with Gasteiger partial charge in [-0.1, -0.05) is 17.7 Å². The van der Waals surface area contributed by atoms with Crippen LogP contribution in [0.5, 0.6) is 11.5 Å². The summed E-state index contributed by atoms with van der Waals surface area (Å²) >= 11 is 3.14. The molecule has 4 aromatic rings.